The first-order chi connectivity index (χ1) is 14.7. The summed E-state index contributed by atoms with van der Waals surface area (Å²) in [5.74, 6) is 0.504. The van der Waals surface area contributed by atoms with Gasteiger partial charge in [-0.3, -0.25) is 9.59 Å². The third kappa shape index (κ3) is 6.23. The highest BCUT2D eigenvalue weighted by atomic mass is 19.4. The molecule has 0 radical (unpaired) electrons. The van der Waals surface area contributed by atoms with E-state index in [9.17, 15) is 22.8 Å². The molecule has 1 aliphatic heterocycles. The van der Waals surface area contributed by atoms with Gasteiger partial charge in [-0.15, -0.1) is 0 Å². The van der Waals surface area contributed by atoms with Crippen LogP contribution in [0.15, 0.2) is 48.5 Å². The van der Waals surface area contributed by atoms with Gasteiger partial charge in [0.05, 0.1) is 12.7 Å². The van der Waals surface area contributed by atoms with Crippen LogP contribution in [-0.2, 0) is 28.7 Å². The van der Waals surface area contributed by atoms with Gasteiger partial charge in [0.25, 0.3) is 0 Å². The molecule has 1 saturated heterocycles. The Labute approximate surface area is 179 Å². The molecule has 1 fully saturated rings. The highest BCUT2D eigenvalue weighted by molar-refractivity contribution is 5.80. The van der Waals surface area contributed by atoms with E-state index in [1.807, 2.05) is 24.3 Å². The van der Waals surface area contributed by atoms with Gasteiger partial charge in [0.1, 0.15) is 5.75 Å². The summed E-state index contributed by atoms with van der Waals surface area (Å²) < 4.78 is 43.1. The standard InChI is InChI=1S/C23H25F3N2O3/c1-31-19-8-4-16(5-9-19)14-22(13-11-21(30)28-22)12-10-20(29)27-15-17-2-6-18(7-3-17)23(24,25)26/h2-9H,10-15H2,1H3,(H,27,29)(H,28,30)/t22-/m1/s1. The molecule has 0 unspecified atom stereocenters. The van der Waals surface area contributed by atoms with Gasteiger partial charge in [-0.05, 0) is 54.7 Å². The minimum absolute atomic E-state index is 0.0290. The van der Waals surface area contributed by atoms with Crippen LogP contribution >= 0.6 is 0 Å². The highest BCUT2D eigenvalue weighted by Crippen LogP contribution is 2.31. The third-order valence-electron chi connectivity index (χ3n) is 5.54. The third-order valence-corrected chi connectivity index (χ3v) is 5.54. The number of carbonyl (C=O) groups is 2. The molecule has 166 valence electrons. The Morgan fingerprint density at radius 3 is 2.29 bits per heavy atom. The van der Waals surface area contributed by atoms with Gasteiger partial charge in [-0.2, -0.15) is 13.2 Å². The van der Waals surface area contributed by atoms with E-state index < -0.39 is 17.3 Å². The van der Waals surface area contributed by atoms with Crippen molar-refractivity contribution in [3.05, 3.63) is 65.2 Å². The maximum atomic E-state index is 12.6. The van der Waals surface area contributed by atoms with E-state index in [1.165, 1.54) is 12.1 Å². The van der Waals surface area contributed by atoms with Crippen molar-refractivity contribution < 1.29 is 27.5 Å². The number of carbonyl (C=O) groups excluding carboxylic acids is 2. The fraction of sp³-hybridized carbons (Fsp3) is 0.391. The van der Waals surface area contributed by atoms with Crippen molar-refractivity contribution in [2.24, 2.45) is 0 Å². The molecular weight excluding hydrogens is 409 g/mol. The van der Waals surface area contributed by atoms with E-state index in [1.54, 1.807) is 7.11 Å². The van der Waals surface area contributed by atoms with Crippen molar-refractivity contribution in [1.29, 1.82) is 0 Å². The van der Waals surface area contributed by atoms with Gasteiger partial charge in [-0.25, -0.2) is 0 Å². The van der Waals surface area contributed by atoms with E-state index in [4.69, 9.17) is 4.74 Å². The molecular formula is C23H25F3N2O3. The van der Waals surface area contributed by atoms with Crippen molar-refractivity contribution in [2.45, 2.75) is 50.4 Å². The van der Waals surface area contributed by atoms with Crippen LogP contribution < -0.4 is 15.4 Å². The van der Waals surface area contributed by atoms with E-state index >= 15 is 0 Å². The first-order valence-corrected chi connectivity index (χ1v) is 10.1. The molecule has 0 spiro atoms. The Hall–Kier alpha value is -3.03. The molecule has 2 aromatic carbocycles. The van der Waals surface area contributed by atoms with Crippen LogP contribution in [0.25, 0.3) is 0 Å². The molecule has 31 heavy (non-hydrogen) atoms. The van der Waals surface area contributed by atoms with Gasteiger partial charge in [-0.1, -0.05) is 24.3 Å². The molecule has 1 atom stereocenters. The van der Waals surface area contributed by atoms with Crippen LogP contribution in [-0.4, -0.2) is 24.5 Å². The van der Waals surface area contributed by atoms with Crippen LogP contribution in [0.3, 0.4) is 0 Å². The molecule has 8 heteroatoms. The minimum Gasteiger partial charge on any atom is -0.497 e. The Balaban J connectivity index is 1.54. The highest BCUT2D eigenvalue weighted by Gasteiger charge is 2.37. The average Bonchev–Trinajstić information content (AvgIpc) is 3.11. The van der Waals surface area contributed by atoms with Crippen LogP contribution in [0, 0.1) is 0 Å². The quantitative estimate of drug-likeness (QED) is 0.660. The number of alkyl halides is 3. The molecule has 2 aromatic rings. The fourth-order valence-corrected chi connectivity index (χ4v) is 3.77. The lowest BCUT2D eigenvalue weighted by atomic mass is 9.85. The van der Waals surface area contributed by atoms with E-state index in [0.717, 1.165) is 23.4 Å². The SMILES string of the molecule is COc1ccc(C[C@@]2(CCC(=O)NCc3ccc(C(F)(F)F)cc3)CCC(=O)N2)cc1. The van der Waals surface area contributed by atoms with Crippen molar-refractivity contribution in [1.82, 2.24) is 10.6 Å². The lowest BCUT2D eigenvalue weighted by Gasteiger charge is -2.29. The predicted octanol–water partition coefficient (Wildman–Crippen LogP) is 4.00. The Morgan fingerprint density at radius 2 is 1.74 bits per heavy atom. The molecule has 0 saturated carbocycles. The van der Waals surface area contributed by atoms with Gasteiger partial charge in [0.2, 0.25) is 11.8 Å². The largest absolute Gasteiger partial charge is 0.497 e. The van der Waals surface area contributed by atoms with Gasteiger partial charge in [0.15, 0.2) is 0 Å². The van der Waals surface area contributed by atoms with Gasteiger partial charge in [0, 0.05) is 24.9 Å². The Morgan fingerprint density at radius 1 is 1.10 bits per heavy atom. The molecule has 0 aromatic heterocycles. The summed E-state index contributed by atoms with van der Waals surface area (Å²) in [6.07, 6.45) is -2.03. The lowest BCUT2D eigenvalue weighted by Crippen LogP contribution is -2.44. The Bertz CT molecular complexity index is 911. The van der Waals surface area contributed by atoms with Gasteiger partial charge < -0.3 is 15.4 Å². The summed E-state index contributed by atoms with van der Waals surface area (Å²) in [5.41, 5.74) is 0.411. The number of hydrogen-bond donors (Lipinski definition) is 2. The number of ether oxygens (including phenoxy) is 1. The van der Waals surface area contributed by atoms with Crippen LogP contribution in [0.1, 0.15) is 42.4 Å². The summed E-state index contributed by atoms with van der Waals surface area (Å²) in [4.78, 5) is 24.2. The minimum atomic E-state index is -4.38. The number of methoxy groups -OCH3 is 1. The van der Waals surface area contributed by atoms with Crippen molar-refractivity contribution in [3.63, 3.8) is 0 Å². The summed E-state index contributed by atoms with van der Waals surface area (Å²) in [7, 11) is 1.59. The predicted molar refractivity (Wildman–Crippen MR) is 109 cm³/mol. The number of hydrogen-bond acceptors (Lipinski definition) is 3. The second-order valence-electron chi connectivity index (χ2n) is 7.82. The maximum Gasteiger partial charge on any atom is 0.416 e. The number of nitrogens with one attached hydrogen (secondary N) is 2. The molecule has 0 bridgehead atoms. The first kappa shape index (κ1) is 22.7. The topological polar surface area (TPSA) is 67.4 Å². The maximum absolute atomic E-state index is 12.6. The van der Waals surface area contributed by atoms with Crippen molar-refractivity contribution in [2.75, 3.05) is 7.11 Å². The smallest absolute Gasteiger partial charge is 0.416 e. The molecule has 5 nitrogen and oxygen atoms in total. The monoisotopic (exact) mass is 434 g/mol. The number of rotatable bonds is 8. The fourth-order valence-electron chi connectivity index (χ4n) is 3.77. The second-order valence-corrected chi connectivity index (χ2v) is 7.82. The van der Waals surface area contributed by atoms with E-state index in [-0.39, 0.29) is 24.8 Å². The van der Waals surface area contributed by atoms with Crippen molar-refractivity contribution >= 4 is 11.8 Å². The average molecular weight is 434 g/mol. The van der Waals surface area contributed by atoms with Crippen LogP contribution in [0.4, 0.5) is 13.2 Å². The van der Waals surface area contributed by atoms with Crippen LogP contribution in [0.5, 0.6) is 5.75 Å². The number of halogens is 3. The molecule has 3 rings (SSSR count). The number of amides is 2. The summed E-state index contributed by atoms with van der Waals surface area (Å²) in [5, 5.41) is 5.78. The normalized spacial score (nSPS) is 18.5. The zero-order chi connectivity index (χ0) is 22.5. The second kappa shape index (κ2) is 9.41. The van der Waals surface area contributed by atoms with E-state index in [2.05, 4.69) is 10.6 Å². The molecule has 2 amide bonds. The molecule has 1 aliphatic rings. The Kier molecular flexibility index (Phi) is 6.87. The van der Waals surface area contributed by atoms with E-state index in [0.29, 0.717) is 31.2 Å². The summed E-state index contributed by atoms with van der Waals surface area (Å²) in [6.45, 7) is 0.148. The van der Waals surface area contributed by atoms with Crippen LogP contribution in [0.2, 0.25) is 0 Å². The zero-order valence-electron chi connectivity index (χ0n) is 17.2. The zero-order valence-corrected chi connectivity index (χ0v) is 17.2. The number of benzene rings is 2. The summed E-state index contributed by atoms with van der Waals surface area (Å²) >= 11 is 0. The van der Waals surface area contributed by atoms with Gasteiger partial charge >= 0.3 is 6.18 Å². The van der Waals surface area contributed by atoms with Crippen molar-refractivity contribution in [3.8, 4) is 5.75 Å². The molecule has 0 aliphatic carbocycles. The lowest BCUT2D eigenvalue weighted by molar-refractivity contribution is -0.137. The molecule has 1 heterocycles. The summed E-state index contributed by atoms with van der Waals surface area (Å²) in [6, 6.07) is 12.3. The first-order valence-electron chi connectivity index (χ1n) is 10.1. The molecule has 2 N–H and O–H groups in total.